The fourth-order valence-corrected chi connectivity index (χ4v) is 4.60. The Bertz CT molecular complexity index is 640. The zero-order valence-electron chi connectivity index (χ0n) is 10.8. The molecule has 2 N–H and O–H groups in total. The summed E-state index contributed by atoms with van der Waals surface area (Å²) in [4.78, 5) is 4.86. The predicted octanol–water partition coefficient (Wildman–Crippen LogP) is 3.97. The number of nitrogens with two attached hydrogens (primary N) is 1. The summed E-state index contributed by atoms with van der Waals surface area (Å²) in [6.45, 7) is 0. The average Bonchev–Trinajstić information content (AvgIpc) is 3.05. The topological polar surface area (TPSA) is 38.9 Å². The molecule has 1 aromatic heterocycles. The fourth-order valence-electron chi connectivity index (χ4n) is 3.92. The predicted molar refractivity (Wildman–Crippen MR) is 80.8 cm³/mol. The Balaban J connectivity index is 1.85. The van der Waals surface area contributed by atoms with Gasteiger partial charge in [-0.25, -0.2) is 4.98 Å². The Morgan fingerprint density at radius 3 is 2.58 bits per heavy atom. The quantitative estimate of drug-likeness (QED) is 0.864. The first-order chi connectivity index (χ1) is 9.21. The molecule has 0 radical (unpaired) electrons. The average molecular weight is 317 g/mol. The minimum absolute atomic E-state index is 0.181. The van der Waals surface area contributed by atoms with Gasteiger partial charge in [-0.15, -0.1) is 0 Å². The van der Waals surface area contributed by atoms with Crippen LogP contribution in [0.1, 0.15) is 31.4 Å². The van der Waals surface area contributed by atoms with Crippen molar-refractivity contribution in [2.75, 3.05) is 0 Å². The van der Waals surface area contributed by atoms with E-state index < -0.39 is 0 Å². The van der Waals surface area contributed by atoms with Gasteiger partial charge in [-0.1, -0.05) is 31.0 Å². The van der Waals surface area contributed by atoms with Gasteiger partial charge in [0.15, 0.2) is 0 Å². The number of benzene rings is 1. The van der Waals surface area contributed by atoms with Crippen molar-refractivity contribution in [1.82, 2.24) is 4.98 Å². The molecule has 98 valence electrons. The molecule has 19 heavy (non-hydrogen) atoms. The van der Waals surface area contributed by atoms with Gasteiger partial charge in [0.1, 0.15) is 0 Å². The summed E-state index contributed by atoms with van der Waals surface area (Å²) >= 11 is 3.68. The molecule has 1 aromatic carbocycles. The lowest BCUT2D eigenvalue weighted by Gasteiger charge is -2.14. The standard InChI is InChI=1S/C16H17BrN2/c17-13-9-10-5-1-4-8-14(10)19-15(13)16(18)11-6-2-3-7-12(11)16/h1,4-5,8-9,11-12H,2-3,6-7,18H2. The molecule has 0 aliphatic heterocycles. The van der Waals surface area contributed by atoms with E-state index >= 15 is 0 Å². The maximum atomic E-state index is 6.72. The lowest BCUT2D eigenvalue weighted by atomic mass is 10.0. The molecule has 2 fully saturated rings. The second-order valence-electron chi connectivity index (χ2n) is 5.94. The van der Waals surface area contributed by atoms with E-state index in [1.807, 2.05) is 12.1 Å². The smallest absolute Gasteiger partial charge is 0.0757 e. The molecule has 0 saturated heterocycles. The zero-order valence-corrected chi connectivity index (χ0v) is 12.4. The number of rotatable bonds is 1. The van der Waals surface area contributed by atoms with Crippen molar-refractivity contribution in [3.63, 3.8) is 0 Å². The van der Waals surface area contributed by atoms with E-state index in [-0.39, 0.29) is 5.54 Å². The highest BCUT2D eigenvalue weighted by Crippen LogP contribution is 2.63. The van der Waals surface area contributed by atoms with Crippen molar-refractivity contribution >= 4 is 26.8 Å². The second kappa shape index (κ2) is 4.03. The van der Waals surface area contributed by atoms with Crippen LogP contribution in [0.15, 0.2) is 34.8 Å². The number of fused-ring (bicyclic) bond motifs is 2. The third-order valence-electron chi connectivity index (χ3n) is 4.97. The summed E-state index contributed by atoms with van der Waals surface area (Å²) in [7, 11) is 0. The minimum atomic E-state index is -0.181. The third kappa shape index (κ3) is 1.61. The van der Waals surface area contributed by atoms with Crippen molar-refractivity contribution in [3.8, 4) is 0 Å². The van der Waals surface area contributed by atoms with Gasteiger partial charge in [-0.2, -0.15) is 0 Å². The summed E-state index contributed by atoms with van der Waals surface area (Å²) in [5.74, 6) is 1.29. The van der Waals surface area contributed by atoms with Crippen LogP contribution in [0.4, 0.5) is 0 Å². The van der Waals surface area contributed by atoms with E-state index in [4.69, 9.17) is 10.7 Å². The number of nitrogens with zero attached hydrogens (tertiary/aromatic N) is 1. The van der Waals surface area contributed by atoms with Gasteiger partial charge in [0, 0.05) is 9.86 Å². The summed E-state index contributed by atoms with van der Waals surface area (Å²) < 4.78 is 1.07. The van der Waals surface area contributed by atoms with Crippen molar-refractivity contribution in [3.05, 3.63) is 40.5 Å². The highest BCUT2D eigenvalue weighted by molar-refractivity contribution is 9.10. The first-order valence-corrected chi connectivity index (χ1v) is 7.85. The Kier molecular flexibility index (Phi) is 2.52. The van der Waals surface area contributed by atoms with Gasteiger partial charge in [-0.3, -0.25) is 0 Å². The molecule has 2 aliphatic rings. The van der Waals surface area contributed by atoms with Crippen LogP contribution in [-0.2, 0) is 5.54 Å². The molecule has 2 atom stereocenters. The first kappa shape index (κ1) is 11.9. The molecule has 2 aromatic rings. The van der Waals surface area contributed by atoms with Crippen molar-refractivity contribution < 1.29 is 0 Å². The summed E-state index contributed by atoms with van der Waals surface area (Å²) in [5, 5.41) is 1.17. The van der Waals surface area contributed by atoms with Crippen molar-refractivity contribution in [2.24, 2.45) is 17.6 Å². The Hall–Kier alpha value is -0.930. The van der Waals surface area contributed by atoms with E-state index in [2.05, 4.69) is 34.1 Å². The van der Waals surface area contributed by atoms with Crippen LogP contribution in [0.3, 0.4) is 0 Å². The van der Waals surface area contributed by atoms with E-state index in [9.17, 15) is 0 Å². The molecule has 2 nitrogen and oxygen atoms in total. The number of hydrogen-bond acceptors (Lipinski definition) is 2. The molecule has 0 amide bonds. The van der Waals surface area contributed by atoms with Crippen LogP contribution in [0.2, 0.25) is 0 Å². The molecule has 4 rings (SSSR count). The van der Waals surface area contributed by atoms with Crippen molar-refractivity contribution in [2.45, 2.75) is 31.2 Å². The van der Waals surface area contributed by atoms with Crippen LogP contribution >= 0.6 is 15.9 Å². The molecular weight excluding hydrogens is 300 g/mol. The largest absolute Gasteiger partial charge is 0.320 e. The third-order valence-corrected chi connectivity index (χ3v) is 5.58. The Morgan fingerprint density at radius 1 is 1.16 bits per heavy atom. The van der Waals surface area contributed by atoms with Gasteiger partial charge < -0.3 is 5.73 Å². The maximum Gasteiger partial charge on any atom is 0.0757 e. The van der Waals surface area contributed by atoms with Gasteiger partial charge in [0.2, 0.25) is 0 Å². The molecule has 0 bridgehead atoms. The zero-order chi connectivity index (χ0) is 13.0. The van der Waals surface area contributed by atoms with Gasteiger partial charge >= 0.3 is 0 Å². The fraction of sp³-hybridized carbons (Fsp3) is 0.438. The van der Waals surface area contributed by atoms with Gasteiger partial charge in [0.25, 0.3) is 0 Å². The lowest BCUT2D eigenvalue weighted by molar-refractivity contribution is 0.480. The molecule has 3 heteroatoms. The number of halogens is 1. The van der Waals surface area contributed by atoms with E-state index in [1.165, 1.54) is 31.1 Å². The highest BCUT2D eigenvalue weighted by Gasteiger charge is 2.64. The second-order valence-corrected chi connectivity index (χ2v) is 6.80. The normalized spacial score (nSPS) is 33.2. The number of aromatic nitrogens is 1. The van der Waals surface area contributed by atoms with Crippen LogP contribution in [0, 0.1) is 11.8 Å². The summed E-state index contributed by atoms with van der Waals surface area (Å²) in [6, 6.07) is 10.4. The van der Waals surface area contributed by atoms with Crippen molar-refractivity contribution in [1.29, 1.82) is 0 Å². The molecule has 2 saturated carbocycles. The Morgan fingerprint density at radius 2 is 1.84 bits per heavy atom. The number of pyridine rings is 1. The van der Waals surface area contributed by atoms with E-state index in [1.54, 1.807) is 0 Å². The monoisotopic (exact) mass is 316 g/mol. The molecule has 2 aliphatic carbocycles. The van der Waals surface area contributed by atoms with E-state index in [0.29, 0.717) is 11.8 Å². The number of hydrogen-bond donors (Lipinski definition) is 1. The summed E-state index contributed by atoms with van der Waals surface area (Å²) in [5.41, 5.74) is 8.66. The first-order valence-electron chi connectivity index (χ1n) is 7.06. The van der Waals surface area contributed by atoms with Crippen LogP contribution in [0.25, 0.3) is 10.9 Å². The van der Waals surface area contributed by atoms with Crippen LogP contribution < -0.4 is 5.73 Å². The SMILES string of the molecule is NC1(c2nc3ccccc3cc2Br)C2CCCCC21. The Labute approximate surface area is 121 Å². The number of para-hydroxylation sites is 1. The molecule has 0 spiro atoms. The van der Waals surface area contributed by atoms with E-state index in [0.717, 1.165) is 15.7 Å². The molecular formula is C16H17BrN2. The molecule has 2 unspecified atom stereocenters. The summed E-state index contributed by atoms with van der Waals surface area (Å²) in [6.07, 6.45) is 5.18. The minimum Gasteiger partial charge on any atom is -0.320 e. The lowest BCUT2D eigenvalue weighted by Crippen LogP contribution is -2.26. The van der Waals surface area contributed by atoms with Crippen LogP contribution in [0.5, 0.6) is 0 Å². The molecule has 1 heterocycles. The highest BCUT2D eigenvalue weighted by atomic mass is 79.9. The maximum absolute atomic E-state index is 6.72. The van der Waals surface area contributed by atoms with Crippen LogP contribution in [-0.4, -0.2) is 4.98 Å². The van der Waals surface area contributed by atoms with Gasteiger partial charge in [-0.05, 0) is 52.7 Å². The van der Waals surface area contributed by atoms with Gasteiger partial charge in [0.05, 0.1) is 16.7 Å².